The van der Waals surface area contributed by atoms with E-state index < -0.39 is 23.5 Å². The number of benzene rings is 3. The van der Waals surface area contributed by atoms with Crippen molar-refractivity contribution in [1.29, 1.82) is 0 Å². The zero-order chi connectivity index (χ0) is 22.4. The highest BCUT2D eigenvalue weighted by molar-refractivity contribution is 9.10. The number of ether oxygens (including phenoxy) is 1. The number of para-hydroxylation sites is 1. The minimum absolute atomic E-state index is 0.140. The van der Waals surface area contributed by atoms with Crippen LogP contribution in [0.15, 0.2) is 83.0 Å². The van der Waals surface area contributed by atoms with E-state index in [-0.39, 0.29) is 11.1 Å². The molecule has 156 valence electrons. The third-order valence-electron chi connectivity index (χ3n) is 4.14. The Balaban J connectivity index is 1.79. The number of carboxylic acids is 2. The van der Waals surface area contributed by atoms with E-state index in [0.29, 0.717) is 17.1 Å². The van der Waals surface area contributed by atoms with Crippen LogP contribution in [0.25, 0.3) is 6.08 Å². The van der Waals surface area contributed by atoms with Crippen LogP contribution < -0.4 is 10.1 Å². The summed E-state index contributed by atoms with van der Waals surface area (Å²) in [6.07, 6.45) is 1.27. The van der Waals surface area contributed by atoms with Crippen molar-refractivity contribution in [1.82, 2.24) is 5.32 Å². The number of amides is 1. The van der Waals surface area contributed by atoms with Crippen LogP contribution in [0.3, 0.4) is 0 Å². The van der Waals surface area contributed by atoms with Crippen molar-refractivity contribution in [2.75, 3.05) is 0 Å². The molecular formula is C23H16BrNO6. The van der Waals surface area contributed by atoms with Gasteiger partial charge in [0.1, 0.15) is 17.2 Å². The number of nitrogens with one attached hydrogen (secondary N) is 1. The summed E-state index contributed by atoms with van der Waals surface area (Å²) in [6, 6.07) is 19.5. The van der Waals surface area contributed by atoms with E-state index in [9.17, 15) is 24.6 Å². The number of hydrogen-bond acceptors (Lipinski definition) is 4. The van der Waals surface area contributed by atoms with Gasteiger partial charge in [-0.1, -0.05) is 36.4 Å². The van der Waals surface area contributed by atoms with E-state index in [0.717, 1.165) is 4.47 Å². The molecule has 0 atom stereocenters. The van der Waals surface area contributed by atoms with Gasteiger partial charge in [0.15, 0.2) is 0 Å². The summed E-state index contributed by atoms with van der Waals surface area (Å²) in [6.45, 7) is 0. The first-order valence-corrected chi connectivity index (χ1v) is 9.75. The van der Waals surface area contributed by atoms with Gasteiger partial charge in [-0.25, -0.2) is 9.59 Å². The average molecular weight is 482 g/mol. The topological polar surface area (TPSA) is 113 Å². The Kier molecular flexibility index (Phi) is 6.84. The standard InChI is InChI=1S/C23H16BrNO6/c24-18-7-3-4-8-20(18)31-15-11-9-14(10-12-15)13-19(23(29)30)25-21(26)16-5-1-2-6-17(16)22(27)28/h1-13H,(H,25,26)(H,27,28)(H,29,30)/b19-13-. The van der Waals surface area contributed by atoms with Gasteiger partial charge < -0.3 is 20.3 Å². The first-order chi connectivity index (χ1) is 14.8. The van der Waals surface area contributed by atoms with Crippen molar-refractivity contribution in [3.8, 4) is 11.5 Å². The van der Waals surface area contributed by atoms with Crippen LogP contribution in [0.1, 0.15) is 26.3 Å². The number of carboxylic acid groups (broad SMARTS) is 2. The quantitative estimate of drug-likeness (QED) is 0.418. The molecule has 0 aliphatic heterocycles. The summed E-state index contributed by atoms with van der Waals surface area (Å²) in [5.41, 5.74) is -0.258. The fourth-order valence-corrected chi connectivity index (χ4v) is 3.03. The summed E-state index contributed by atoms with van der Waals surface area (Å²) in [5, 5.41) is 20.9. The number of carbonyl (C=O) groups excluding carboxylic acids is 1. The smallest absolute Gasteiger partial charge is 0.352 e. The van der Waals surface area contributed by atoms with Gasteiger partial charge in [-0.2, -0.15) is 0 Å². The van der Waals surface area contributed by atoms with Crippen LogP contribution in [-0.4, -0.2) is 28.1 Å². The Morgan fingerprint density at radius 1 is 0.839 bits per heavy atom. The first-order valence-electron chi connectivity index (χ1n) is 8.96. The minimum atomic E-state index is -1.37. The van der Waals surface area contributed by atoms with E-state index >= 15 is 0 Å². The third-order valence-corrected chi connectivity index (χ3v) is 4.79. The van der Waals surface area contributed by atoms with Gasteiger partial charge >= 0.3 is 11.9 Å². The summed E-state index contributed by atoms with van der Waals surface area (Å²) < 4.78 is 6.55. The van der Waals surface area contributed by atoms with Gasteiger partial charge in [0.25, 0.3) is 5.91 Å². The van der Waals surface area contributed by atoms with Crippen LogP contribution in [0.4, 0.5) is 0 Å². The van der Waals surface area contributed by atoms with Crippen LogP contribution in [0.2, 0.25) is 0 Å². The Morgan fingerprint density at radius 3 is 2.06 bits per heavy atom. The highest BCUT2D eigenvalue weighted by Crippen LogP contribution is 2.29. The lowest BCUT2D eigenvalue weighted by atomic mass is 10.1. The fourth-order valence-electron chi connectivity index (χ4n) is 2.66. The Hall–Kier alpha value is -3.91. The summed E-state index contributed by atoms with van der Waals surface area (Å²) in [5.74, 6) is -2.32. The maximum Gasteiger partial charge on any atom is 0.352 e. The molecule has 0 bridgehead atoms. The highest BCUT2D eigenvalue weighted by Gasteiger charge is 2.19. The summed E-state index contributed by atoms with van der Waals surface area (Å²) in [4.78, 5) is 35.4. The number of carbonyl (C=O) groups is 3. The molecule has 3 N–H and O–H groups in total. The molecule has 7 nitrogen and oxygen atoms in total. The lowest BCUT2D eigenvalue weighted by Gasteiger charge is -2.09. The fraction of sp³-hybridized carbons (Fsp3) is 0. The van der Waals surface area contributed by atoms with Crippen molar-refractivity contribution >= 4 is 39.9 Å². The van der Waals surface area contributed by atoms with Crippen molar-refractivity contribution in [3.63, 3.8) is 0 Å². The number of aliphatic carboxylic acids is 1. The predicted octanol–water partition coefficient (Wildman–Crippen LogP) is 4.80. The Bertz CT molecular complexity index is 1170. The van der Waals surface area contributed by atoms with Gasteiger partial charge in [-0.05, 0) is 64.0 Å². The molecule has 0 aromatic heterocycles. The first kappa shape index (κ1) is 21.8. The molecule has 0 aliphatic carbocycles. The molecule has 1 amide bonds. The SMILES string of the molecule is O=C(O)/C(=C/c1ccc(Oc2ccccc2Br)cc1)NC(=O)c1ccccc1C(=O)O. The molecule has 0 radical (unpaired) electrons. The second-order valence-corrected chi connectivity index (χ2v) is 7.12. The van der Waals surface area contributed by atoms with Gasteiger partial charge in [0.05, 0.1) is 15.6 Å². The molecule has 3 rings (SSSR count). The molecule has 8 heteroatoms. The van der Waals surface area contributed by atoms with E-state index in [4.69, 9.17) is 4.74 Å². The maximum atomic E-state index is 12.5. The zero-order valence-corrected chi connectivity index (χ0v) is 17.5. The predicted molar refractivity (Wildman–Crippen MR) is 117 cm³/mol. The van der Waals surface area contributed by atoms with Gasteiger partial charge in [0, 0.05) is 0 Å². The third kappa shape index (κ3) is 5.58. The van der Waals surface area contributed by atoms with Gasteiger partial charge in [-0.3, -0.25) is 4.79 Å². The van der Waals surface area contributed by atoms with Gasteiger partial charge in [-0.15, -0.1) is 0 Å². The number of hydrogen-bond donors (Lipinski definition) is 3. The van der Waals surface area contributed by atoms with Crippen LogP contribution in [-0.2, 0) is 4.79 Å². The van der Waals surface area contributed by atoms with Crippen molar-refractivity contribution in [2.45, 2.75) is 0 Å². The molecule has 0 saturated heterocycles. The van der Waals surface area contributed by atoms with Crippen molar-refractivity contribution < 1.29 is 29.3 Å². The average Bonchev–Trinajstić information content (AvgIpc) is 2.76. The van der Waals surface area contributed by atoms with Gasteiger partial charge in [0.2, 0.25) is 0 Å². The van der Waals surface area contributed by atoms with Crippen molar-refractivity contribution in [2.24, 2.45) is 0 Å². The minimum Gasteiger partial charge on any atom is -0.478 e. The van der Waals surface area contributed by atoms with E-state index in [1.165, 1.54) is 30.3 Å². The lowest BCUT2D eigenvalue weighted by molar-refractivity contribution is -0.132. The van der Waals surface area contributed by atoms with E-state index in [2.05, 4.69) is 21.2 Å². The van der Waals surface area contributed by atoms with Crippen molar-refractivity contribution in [3.05, 3.63) is 99.7 Å². The Labute approximate surface area is 185 Å². The second kappa shape index (κ2) is 9.73. The molecule has 31 heavy (non-hydrogen) atoms. The highest BCUT2D eigenvalue weighted by atomic mass is 79.9. The number of halogens is 1. The largest absolute Gasteiger partial charge is 0.478 e. The van der Waals surface area contributed by atoms with E-state index in [1.807, 2.05) is 18.2 Å². The van der Waals surface area contributed by atoms with E-state index in [1.54, 1.807) is 30.3 Å². The maximum absolute atomic E-state index is 12.5. The normalized spacial score (nSPS) is 10.9. The molecular weight excluding hydrogens is 466 g/mol. The summed E-state index contributed by atoms with van der Waals surface area (Å²) in [7, 11) is 0. The molecule has 0 unspecified atom stereocenters. The molecule has 0 fully saturated rings. The molecule has 0 heterocycles. The Morgan fingerprint density at radius 2 is 1.45 bits per heavy atom. The second-order valence-electron chi connectivity index (χ2n) is 6.27. The molecule has 0 saturated carbocycles. The molecule has 0 aliphatic rings. The van der Waals surface area contributed by atoms with Crippen LogP contribution >= 0.6 is 15.9 Å². The summed E-state index contributed by atoms with van der Waals surface area (Å²) >= 11 is 3.40. The lowest BCUT2D eigenvalue weighted by Crippen LogP contribution is -2.28. The molecule has 3 aromatic carbocycles. The zero-order valence-electron chi connectivity index (χ0n) is 15.9. The molecule has 0 spiro atoms. The number of aromatic carboxylic acids is 1. The number of rotatable bonds is 7. The van der Waals surface area contributed by atoms with Crippen LogP contribution in [0.5, 0.6) is 11.5 Å². The molecule has 3 aromatic rings. The van der Waals surface area contributed by atoms with Crippen LogP contribution in [0, 0.1) is 0 Å². The monoisotopic (exact) mass is 481 g/mol.